The van der Waals surface area contributed by atoms with Gasteiger partial charge < -0.3 is 16.0 Å². The largest absolute Gasteiger partial charge is 0.346 e. The van der Waals surface area contributed by atoms with Crippen LogP contribution in [0.5, 0.6) is 0 Å². The Morgan fingerprint density at radius 1 is 1.25 bits per heavy atom. The van der Waals surface area contributed by atoms with E-state index in [-0.39, 0.29) is 35.7 Å². The van der Waals surface area contributed by atoms with Crippen molar-refractivity contribution in [2.75, 3.05) is 29.9 Å². The van der Waals surface area contributed by atoms with Gasteiger partial charge in [-0.1, -0.05) is 24.1 Å². The monoisotopic (exact) mass is 433 g/mol. The third-order valence-electron chi connectivity index (χ3n) is 6.12. The minimum absolute atomic E-state index is 0.0512. The topological polar surface area (TPSA) is 112 Å². The first kappa shape index (κ1) is 21.7. The van der Waals surface area contributed by atoms with Crippen LogP contribution in [-0.2, 0) is 13.6 Å². The molecule has 2 atom stereocenters. The van der Waals surface area contributed by atoms with Crippen molar-refractivity contribution in [3.05, 3.63) is 56.1 Å². The minimum Gasteiger partial charge on any atom is -0.346 e. The van der Waals surface area contributed by atoms with Gasteiger partial charge in [0, 0.05) is 26.2 Å². The molecule has 3 N–H and O–H groups in total. The molecular weight excluding hydrogens is 406 g/mol. The number of aromatic nitrogens is 2. The zero-order valence-electron chi connectivity index (χ0n) is 18.3. The van der Waals surface area contributed by atoms with Crippen LogP contribution < -0.4 is 27.1 Å². The Bertz CT molecular complexity index is 1240. The van der Waals surface area contributed by atoms with Crippen LogP contribution in [0.3, 0.4) is 0 Å². The number of fused-ring (bicyclic) bond motifs is 1. The van der Waals surface area contributed by atoms with Crippen LogP contribution in [0.15, 0.2) is 33.9 Å². The van der Waals surface area contributed by atoms with E-state index in [0.29, 0.717) is 29.9 Å². The second kappa shape index (κ2) is 8.91. The summed E-state index contributed by atoms with van der Waals surface area (Å²) in [5, 5.41) is 12.7. The Hall–Kier alpha value is -3.53. The number of benzene rings is 1. The molecule has 0 aliphatic carbocycles. The molecule has 2 unspecified atom stereocenters. The molecule has 9 nitrogen and oxygen atoms in total. The van der Waals surface area contributed by atoms with Gasteiger partial charge in [-0.2, -0.15) is 5.26 Å². The Kier molecular flexibility index (Phi) is 6.04. The molecule has 3 heterocycles. The van der Waals surface area contributed by atoms with Crippen molar-refractivity contribution in [3.8, 4) is 17.9 Å². The summed E-state index contributed by atoms with van der Waals surface area (Å²) in [6.07, 6.45) is 1.55. The zero-order valence-corrected chi connectivity index (χ0v) is 18.3. The summed E-state index contributed by atoms with van der Waals surface area (Å²) >= 11 is 0. The molecule has 1 aromatic heterocycles. The molecule has 9 heteroatoms. The Balaban J connectivity index is 1.81. The van der Waals surface area contributed by atoms with Crippen molar-refractivity contribution in [2.24, 2.45) is 12.8 Å². The normalized spacial score (nSPS) is 20.1. The van der Waals surface area contributed by atoms with Crippen LogP contribution in [0.2, 0.25) is 0 Å². The molecule has 2 aromatic rings. The number of nitrogens with two attached hydrogens (primary N) is 1. The molecule has 1 saturated heterocycles. The lowest BCUT2D eigenvalue weighted by atomic mass is 10.1. The van der Waals surface area contributed by atoms with E-state index in [9.17, 15) is 14.9 Å². The summed E-state index contributed by atoms with van der Waals surface area (Å²) in [6, 6.07) is 9.28. The Morgan fingerprint density at radius 2 is 2.03 bits per heavy atom. The number of anilines is 2. The van der Waals surface area contributed by atoms with Gasteiger partial charge in [0.25, 0.3) is 11.1 Å². The maximum atomic E-state index is 13.7. The molecule has 32 heavy (non-hydrogen) atoms. The van der Waals surface area contributed by atoms with Gasteiger partial charge in [0.05, 0.1) is 24.7 Å². The van der Waals surface area contributed by atoms with E-state index >= 15 is 0 Å². The van der Waals surface area contributed by atoms with E-state index in [4.69, 9.17) is 5.73 Å². The third-order valence-corrected chi connectivity index (χ3v) is 6.12. The Morgan fingerprint density at radius 3 is 2.75 bits per heavy atom. The predicted molar refractivity (Wildman–Crippen MR) is 123 cm³/mol. The van der Waals surface area contributed by atoms with Gasteiger partial charge in [-0.25, -0.2) is 9.36 Å². The van der Waals surface area contributed by atoms with Gasteiger partial charge in [0.1, 0.15) is 11.4 Å². The minimum atomic E-state index is -0.361. The molecule has 2 aliphatic rings. The maximum Gasteiger partial charge on any atom is 0.291 e. The van der Waals surface area contributed by atoms with E-state index in [1.54, 1.807) is 32.2 Å². The lowest BCUT2D eigenvalue weighted by Crippen LogP contribution is -2.56. The summed E-state index contributed by atoms with van der Waals surface area (Å²) in [7, 11) is 1.57. The van der Waals surface area contributed by atoms with Gasteiger partial charge >= 0.3 is 0 Å². The lowest BCUT2D eigenvalue weighted by Gasteiger charge is -2.39. The lowest BCUT2D eigenvalue weighted by molar-refractivity contribution is 0.165. The third kappa shape index (κ3) is 3.77. The number of piperidine rings is 1. The molecule has 0 saturated carbocycles. The fourth-order valence-electron chi connectivity index (χ4n) is 4.45. The summed E-state index contributed by atoms with van der Waals surface area (Å²) in [6.45, 7) is 3.67. The number of likely N-dealkylation sites (tertiary alicyclic amines) is 1. The standard InChI is InChI=1S/C23H27N7O2/c1-3-4-12-29-20-19(26-23(29)28-11-7-10-18(25)15-28)21(31)27(2)30(22(20)32)14-17-9-6-5-8-16(17)13-24/h5-6,8-9,18,23,26H,7,10-12,14-15,25H2,1-2H3. The molecule has 1 aromatic carbocycles. The molecule has 1 fully saturated rings. The fraction of sp³-hybridized carbons (Fsp3) is 0.435. The van der Waals surface area contributed by atoms with Crippen molar-refractivity contribution in [2.45, 2.75) is 38.6 Å². The van der Waals surface area contributed by atoms with Crippen LogP contribution in [0.4, 0.5) is 11.4 Å². The number of hydrogen-bond acceptors (Lipinski definition) is 7. The second-order valence-corrected chi connectivity index (χ2v) is 8.15. The highest BCUT2D eigenvalue weighted by atomic mass is 16.2. The smallest absolute Gasteiger partial charge is 0.291 e. The summed E-state index contributed by atoms with van der Waals surface area (Å²) in [5.74, 6) is 5.92. The highest BCUT2D eigenvalue weighted by Gasteiger charge is 2.39. The van der Waals surface area contributed by atoms with Crippen LogP contribution in [-0.4, -0.2) is 46.2 Å². The predicted octanol–water partition coefficient (Wildman–Crippen LogP) is 0.429. The molecular formula is C23H27N7O2. The summed E-state index contributed by atoms with van der Waals surface area (Å²) in [4.78, 5) is 30.9. The number of nitriles is 1. The van der Waals surface area contributed by atoms with Crippen LogP contribution in [0.25, 0.3) is 0 Å². The fourth-order valence-corrected chi connectivity index (χ4v) is 4.45. The van der Waals surface area contributed by atoms with E-state index in [0.717, 1.165) is 19.4 Å². The number of hydrogen-bond donors (Lipinski definition) is 2. The molecule has 0 spiro atoms. The van der Waals surface area contributed by atoms with Gasteiger partial charge in [-0.05, 0) is 31.4 Å². The molecule has 0 radical (unpaired) electrons. The van der Waals surface area contributed by atoms with Crippen LogP contribution in [0.1, 0.15) is 30.9 Å². The van der Waals surface area contributed by atoms with Gasteiger partial charge in [-0.15, -0.1) is 5.92 Å². The van der Waals surface area contributed by atoms with Gasteiger partial charge in [0.2, 0.25) is 0 Å². The van der Waals surface area contributed by atoms with Crippen molar-refractivity contribution in [1.29, 1.82) is 5.26 Å². The van der Waals surface area contributed by atoms with Crippen molar-refractivity contribution < 1.29 is 0 Å². The SMILES string of the molecule is CC#CCN1c2c(c(=O)n(C)n(Cc3ccccc3C#N)c2=O)NC1N1CCCC(N)C1. The Labute approximate surface area is 186 Å². The van der Waals surface area contributed by atoms with Crippen LogP contribution >= 0.6 is 0 Å². The highest BCUT2D eigenvalue weighted by Crippen LogP contribution is 2.30. The number of nitrogens with zero attached hydrogens (tertiary/aromatic N) is 5. The number of nitrogens with one attached hydrogen (secondary N) is 1. The van der Waals surface area contributed by atoms with E-state index in [1.807, 2.05) is 11.0 Å². The number of rotatable bonds is 4. The van der Waals surface area contributed by atoms with Crippen LogP contribution in [0, 0.1) is 23.2 Å². The highest BCUT2D eigenvalue weighted by molar-refractivity contribution is 5.74. The molecule has 0 amide bonds. The maximum absolute atomic E-state index is 13.7. The van der Waals surface area contributed by atoms with Crippen molar-refractivity contribution in [1.82, 2.24) is 14.3 Å². The summed E-state index contributed by atoms with van der Waals surface area (Å²) in [5.41, 5.74) is 7.34. The molecule has 0 bridgehead atoms. The second-order valence-electron chi connectivity index (χ2n) is 8.15. The first-order chi connectivity index (χ1) is 15.5. The summed E-state index contributed by atoms with van der Waals surface area (Å²) < 4.78 is 2.70. The average molecular weight is 434 g/mol. The van der Waals surface area contributed by atoms with Crippen molar-refractivity contribution >= 4 is 11.4 Å². The molecule has 4 rings (SSSR count). The molecule has 166 valence electrons. The van der Waals surface area contributed by atoms with E-state index < -0.39 is 0 Å². The van der Waals surface area contributed by atoms with Crippen molar-refractivity contribution in [3.63, 3.8) is 0 Å². The quantitative estimate of drug-likeness (QED) is 0.673. The average Bonchev–Trinajstić information content (AvgIpc) is 3.19. The van der Waals surface area contributed by atoms with E-state index in [2.05, 4.69) is 28.1 Å². The van der Waals surface area contributed by atoms with Gasteiger partial charge in [-0.3, -0.25) is 14.5 Å². The zero-order chi connectivity index (χ0) is 22.8. The van der Waals surface area contributed by atoms with E-state index in [1.165, 1.54) is 9.36 Å². The first-order valence-corrected chi connectivity index (χ1v) is 10.7. The first-order valence-electron chi connectivity index (χ1n) is 10.7. The van der Waals surface area contributed by atoms with Gasteiger partial charge in [0.15, 0.2) is 6.29 Å². The molecule has 2 aliphatic heterocycles.